The number of nitrogens with two attached hydrogens (primary N) is 1. The van der Waals surface area contributed by atoms with Gasteiger partial charge in [0, 0.05) is 33.7 Å². The van der Waals surface area contributed by atoms with Gasteiger partial charge in [0.2, 0.25) is 0 Å². The fourth-order valence-electron chi connectivity index (χ4n) is 2.82. The van der Waals surface area contributed by atoms with E-state index in [2.05, 4.69) is 15.9 Å². The largest absolute Gasteiger partial charge is 0.336 e. The van der Waals surface area contributed by atoms with Gasteiger partial charge in [0.25, 0.3) is 5.91 Å². The van der Waals surface area contributed by atoms with Crippen LogP contribution in [0.15, 0.2) is 22.7 Å². The summed E-state index contributed by atoms with van der Waals surface area (Å²) < 4.78 is 0.829. The lowest BCUT2D eigenvalue weighted by Crippen LogP contribution is -2.44. The minimum absolute atomic E-state index is 0.0520. The zero-order chi connectivity index (χ0) is 14.7. The molecule has 5 heteroatoms. The molecule has 1 saturated carbocycles. The first-order valence-electron chi connectivity index (χ1n) is 7.04. The van der Waals surface area contributed by atoms with Crippen molar-refractivity contribution in [2.45, 2.75) is 44.7 Å². The van der Waals surface area contributed by atoms with Gasteiger partial charge < -0.3 is 10.6 Å². The Morgan fingerprint density at radius 2 is 2.00 bits per heavy atom. The quantitative estimate of drug-likeness (QED) is 0.891. The van der Waals surface area contributed by atoms with Crippen LogP contribution in [0, 0.1) is 0 Å². The molecule has 0 bridgehead atoms. The Morgan fingerprint density at radius 3 is 2.55 bits per heavy atom. The van der Waals surface area contributed by atoms with Gasteiger partial charge in [0.1, 0.15) is 0 Å². The van der Waals surface area contributed by atoms with Crippen molar-refractivity contribution in [1.29, 1.82) is 0 Å². The zero-order valence-electron chi connectivity index (χ0n) is 11.6. The van der Waals surface area contributed by atoms with Crippen LogP contribution in [-0.4, -0.2) is 29.4 Å². The van der Waals surface area contributed by atoms with E-state index in [1.165, 1.54) is 0 Å². The van der Waals surface area contributed by atoms with Gasteiger partial charge in [-0.15, -0.1) is 0 Å². The molecule has 0 unspecified atom stereocenters. The predicted octanol–water partition coefficient (Wildman–Crippen LogP) is 3.83. The number of hydrogen-bond donors (Lipinski definition) is 1. The second-order valence-electron chi connectivity index (χ2n) is 5.32. The maximum atomic E-state index is 12.7. The summed E-state index contributed by atoms with van der Waals surface area (Å²) in [4.78, 5) is 14.6. The van der Waals surface area contributed by atoms with Gasteiger partial charge in [-0.2, -0.15) is 0 Å². The molecule has 2 rings (SSSR count). The SMILES string of the molecule is CCN(C(=O)c1cc(Cl)cc(Br)c1)C1CCC(N)CC1. The number of carbonyl (C=O) groups excluding carboxylic acids is 1. The molecule has 0 spiro atoms. The summed E-state index contributed by atoms with van der Waals surface area (Å²) in [6.07, 6.45) is 3.96. The van der Waals surface area contributed by atoms with E-state index >= 15 is 0 Å². The Labute approximate surface area is 133 Å². The van der Waals surface area contributed by atoms with Crippen LogP contribution in [0.25, 0.3) is 0 Å². The van der Waals surface area contributed by atoms with Gasteiger partial charge in [0.15, 0.2) is 0 Å². The van der Waals surface area contributed by atoms with Gasteiger partial charge >= 0.3 is 0 Å². The van der Waals surface area contributed by atoms with Crippen molar-refractivity contribution in [1.82, 2.24) is 4.90 Å². The van der Waals surface area contributed by atoms with Crippen molar-refractivity contribution in [2.24, 2.45) is 5.73 Å². The number of nitrogens with zero attached hydrogens (tertiary/aromatic N) is 1. The fourth-order valence-corrected chi connectivity index (χ4v) is 3.68. The first-order chi connectivity index (χ1) is 9.51. The van der Waals surface area contributed by atoms with E-state index in [4.69, 9.17) is 17.3 Å². The van der Waals surface area contributed by atoms with Crippen molar-refractivity contribution in [3.8, 4) is 0 Å². The summed E-state index contributed by atoms with van der Waals surface area (Å²) in [7, 11) is 0. The second kappa shape index (κ2) is 6.92. The number of amides is 1. The van der Waals surface area contributed by atoms with E-state index in [9.17, 15) is 4.79 Å². The molecule has 1 aliphatic rings. The highest BCUT2D eigenvalue weighted by Gasteiger charge is 2.27. The van der Waals surface area contributed by atoms with E-state index in [1.54, 1.807) is 12.1 Å². The molecular formula is C15H20BrClN2O. The van der Waals surface area contributed by atoms with Crippen LogP contribution in [0.4, 0.5) is 0 Å². The average molecular weight is 360 g/mol. The van der Waals surface area contributed by atoms with Crippen molar-refractivity contribution in [2.75, 3.05) is 6.54 Å². The van der Waals surface area contributed by atoms with Crippen molar-refractivity contribution < 1.29 is 4.79 Å². The Balaban J connectivity index is 2.16. The normalized spacial score (nSPS) is 22.6. The Bertz CT molecular complexity index is 467. The van der Waals surface area contributed by atoms with E-state index in [0.29, 0.717) is 29.2 Å². The van der Waals surface area contributed by atoms with Crippen LogP contribution in [0.3, 0.4) is 0 Å². The summed E-state index contributed by atoms with van der Waals surface area (Å²) in [5.41, 5.74) is 6.58. The van der Waals surface area contributed by atoms with Crippen molar-refractivity contribution in [3.05, 3.63) is 33.3 Å². The van der Waals surface area contributed by atoms with Crippen LogP contribution in [0.5, 0.6) is 0 Å². The van der Waals surface area contributed by atoms with Crippen molar-refractivity contribution in [3.63, 3.8) is 0 Å². The lowest BCUT2D eigenvalue weighted by molar-refractivity contribution is 0.0640. The molecule has 0 radical (unpaired) electrons. The van der Waals surface area contributed by atoms with Crippen LogP contribution in [0.1, 0.15) is 43.0 Å². The third kappa shape index (κ3) is 3.74. The summed E-state index contributed by atoms with van der Waals surface area (Å²) in [6, 6.07) is 5.93. The van der Waals surface area contributed by atoms with E-state index in [0.717, 1.165) is 30.2 Å². The molecule has 1 aliphatic carbocycles. The standard InChI is InChI=1S/C15H20BrClN2O/c1-2-19(14-5-3-13(18)4-6-14)15(20)10-7-11(16)9-12(17)8-10/h7-9,13-14H,2-6,18H2,1H3. The Morgan fingerprint density at radius 1 is 1.35 bits per heavy atom. The molecule has 0 aliphatic heterocycles. The summed E-state index contributed by atoms with van der Waals surface area (Å²) in [5, 5.41) is 0.574. The van der Waals surface area contributed by atoms with Gasteiger partial charge in [-0.25, -0.2) is 0 Å². The lowest BCUT2D eigenvalue weighted by Gasteiger charge is -2.35. The van der Waals surface area contributed by atoms with Gasteiger partial charge in [-0.05, 0) is 50.8 Å². The van der Waals surface area contributed by atoms with Crippen LogP contribution >= 0.6 is 27.5 Å². The molecule has 3 nitrogen and oxygen atoms in total. The molecule has 1 amide bonds. The highest BCUT2D eigenvalue weighted by atomic mass is 79.9. The molecule has 110 valence electrons. The molecule has 0 aromatic heterocycles. The number of carbonyl (C=O) groups is 1. The van der Waals surface area contributed by atoms with Gasteiger partial charge in [-0.1, -0.05) is 27.5 Å². The summed E-state index contributed by atoms with van der Waals surface area (Å²) >= 11 is 9.41. The Hall–Kier alpha value is -0.580. The monoisotopic (exact) mass is 358 g/mol. The third-order valence-corrected chi connectivity index (χ3v) is 4.57. The number of rotatable bonds is 3. The van der Waals surface area contributed by atoms with Crippen molar-refractivity contribution >= 4 is 33.4 Å². The predicted molar refractivity (Wildman–Crippen MR) is 86.1 cm³/mol. The second-order valence-corrected chi connectivity index (χ2v) is 6.67. The van der Waals surface area contributed by atoms with Crippen LogP contribution in [-0.2, 0) is 0 Å². The van der Waals surface area contributed by atoms with E-state index in [-0.39, 0.29) is 5.91 Å². The maximum absolute atomic E-state index is 12.7. The number of halogens is 2. The fraction of sp³-hybridized carbons (Fsp3) is 0.533. The highest BCUT2D eigenvalue weighted by molar-refractivity contribution is 9.10. The topological polar surface area (TPSA) is 46.3 Å². The molecule has 2 N–H and O–H groups in total. The lowest BCUT2D eigenvalue weighted by atomic mass is 9.90. The van der Waals surface area contributed by atoms with E-state index in [1.807, 2.05) is 17.9 Å². The first-order valence-corrected chi connectivity index (χ1v) is 8.21. The first kappa shape index (κ1) is 15.8. The molecule has 1 aromatic carbocycles. The van der Waals surface area contributed by atoms with Gasteiger partial charge in [-0.3, -0.25) is 4.79 Å². The molecule has 0 heterocycles. The van der Waals surface area contributed by atoms with Crippen LogP contribution < -0.4 is 5.73 Å². The summed E-state index contributed by atoms with van der Waals surface area (Å²) in [5.74, 6) is 0.0520. The zero-order valence-corrected chi connectivity index (χ0v) is 14.0. The number of hydrogen-bond acceptors (Lipinski definition) is 2. The molecule has 0 saturated heterocycles. The molecule has 1 fully saturated rings. The van der Waals surface area contributed by atoms with Crippen LogP contribution in [0.2, 0.25) is 5.02 Å². The minimum Gasteiger partial charge on any atom is -0.336 e. The molecule has 20 heavy (non-hydrogen) atoms. The Kier molecular flexibility index (Phi) is 5.47. The molecular weight excluding hydrogens is 340 g/mol. The number of benzene rings is 1. The minimum atomic E-state index is 0.0520. The molecule has 0 atom stereocenters. The molecule has 1 aromatic rings. The highest BCUT2D eigenvalue weighted by Crippen LogP contribution is 2.25. The maximum Gasteiger partial charge on any atom is 0.254 e. The summed E-state index contributed by atoms with van der Waals surface area (Å²) in [6.45, 7) is 2.73. The van der Waals surface area contributed by atoms with E-state index < -0.39 is 0 Å². The third-order valence-electron chi connectivity index (χ3n) is 3.89. The van der Waals surface area contributed by atoms with Gasteiger partial charge in [0.05, 0.1) is 0 Å². The average Bonchev–Trinajstić information content (AvgIpc) is 2.40. The smallest absolute Gasteiger partial charge is 0.254 e.